The van der Waals surface area contributed by atoms with Crippen molar-refractivity contribution in [2.45, 2.75) is 23.6 Å². The van der Waals surface area contributed by atoms with Gasteiger partial charge in [0.15, 0.2) is 5.96 Å². The number of nitrogens with one attached hydrogen (secondary N) is 2. The van der Waals surface area contributed by atoms with Crippen molar-refractivity contribution in [3.05, 3.63) is 46.3 Å². The lowest BCUT2D eigenvalue weighted by molar-refractivity contribution is 0.357. The van der Waals surface area contributed by atoms with Crippen LogP contribution >= 0.6 is 11.3 Å². The predicted octanol–water partition coefficient (Wildman–Crippen LogP) is 1.24. The molecular formula is C17H22N4O3S2. The largest absolute Gasteiger partial charge is 0.493 e. The molecule has 9 heteroatoms. The van der Waals surface area contributed by atoms with Crippen LogP contribution in [0.15, 0.2) is 39.5 Å². The Morgan fingerprint density at radius 3 is 2.88 bits per heavy atom. The van der Waals surface area contributed by atoms with Gasteiger partial charge in [-0.1, -0.05) is 12.1 Å². The summed E-state index contributed by atoms with van der Waals surface area (Å²) in [5.74, 6) is 1.66. The highest BCUT2D eigenvalue weighted by atomic mass is 32.2. The van der Waals surface area contributed by atoms with Crippen LogP contribution in [-0.4, -0.2) is 34.6 Å². The van der Waals surface area contributed by atoms with E-state index in [1.807, 2.05) is 6.07 Å². The first-order chi connectivity index (χ1) is 12.5. The topological polar surface area (TPSA) is 106 Å². The van der Waals surface area contributed by atoms with E-state index in [1.165, 1.54) is 17.2 Å². The van der Waals surface area contributed by atoms with Crippen molar-refractivity contribution in [1.82, 2.24) is 10.6 Å². The number of thiophene rings is 1. The standard InChI is InChI=1S/C17H22N4O3S2/c1-19-17(21-11-14-3-5-16(25-14)26(18,22)23)20-8-6-12-2-4-15-13(10-12)7-9-24-15/h2-5,10H,6-9,11H2,1H3,(H2,18,22,23)(H2,19,20,21). The monoisotopic (exact) mass is 394 g/mol. The number of rotatable bonds is 6. The number of primary sulfonamides is 1. The number of hydrogen-bond acceptors (Lipinski definition) is 5. The van der Waals surface area contributed by atoms with E-state index < -0.39 is 10.0 Å². The van der Waals surface area contributed by atoms with Crippen LogP contribution < -0.4 is 20.5 Å². The number of guanidine groups is 1. The highest BCUT2D eigenvalue weighted by Gasteiger charge is 2.12. The molecule has 0 spiro atoms. The number of hydrogen-bond donors (Lipinski definition) is 3. The molecule has 0 aliphatic carbocycles. The van der Waals surface area contributed by atoms with Crippen LogP contribution in [0.5, 0.6) is 5.75 Å². The van der Waals surface area contributed by atoms with Crippen molar-refractivity contribution in [2.75, 3.05) is 20.2 Å². The van der Waals surface area contributed by atoms with Gasteiger partial charge in [0.25, 0.3) is 0 Å². The van der Waals surface area contributed by atoms with Crippen LogP contribution in [0.1, 0.15) is 16.0 Å². The zero-order valence-corrected chi connectivity index (χ0v) is 16.1. The minimum absolute atomic E-state index is 0.165. The summed E-state index contributed by atoms with van der Waals surface area (Å²) in [5.41, 5.74) is 2.53. The lowest BCUT2D eigenvalue weighted by Gasteiger charge is -2.11. The van der Waals surface area contributed by atoms with Gasteiger partial charge in [-0.05, 0) is 35.7 Å². The van der Waals surface area contributed by atoms with Crippen molar-refractivity contribution < 1.29 is 13.2 Å². The molecule has 2 aromatic rings. The van der Waals surface area contributed by atoms with Gasteiger partial charge in [0.1, 0.15) is 9.96 Å². The van der Waals surface area contributed by atoms with Crippen molar-refractivity contribution in [2.24, 2.45) is 10.1 Å². The van der Waals surface area contributed by atoms with Crippen LogP contribution in [-0.2, 0) is 29.4 Å². The number of nitrogens with zero attached hydrogens (tertiary/aromatic N) is 1. The highest BCUT2D eigenvalue weighted by Crippen LogP contribution is 2.25. The van der Waals surface area contributed by atoms with Gasteiger partial charge in [-0.2, -0.15) is 0 Å². The molecule has 0 saturated carbocycles. The Morgan fingerprint density at radius 1 is 1.31 bits per heavy atom. The van der Waals surface area contributed by atoms with Gasteiger partial charge < -0.3 is 15.4 Å². The van der Waals surface area contributed by atoms with Gasteiger partial charge in [-0.25, -0.2) is 13.6 Å². The Kier molecular flexibility index (Phi) is 5.80. The van der Waals surface area contributed by atoms with Gasteiger partial charge in [0.2, 0.25) is 10.0 Å². The van der Waals surface area contributed by atoms with Crippen LogP contribution in [0.2, 0.25) is 0 Å². The Hall–Kier alpha value is -2.10. The molecule has 0 radical (unpaired) electrons. The molecule has 0 saturated heterocycles. The van der Waals surface area contributed by atoms with E-state index in [0.29, 0.717) is 12.5 Å². The minimum Gasteiger partial charge on any atom is -0.493 e. The quantitative estimate of drug-likeness (QED) is 0.505. The average Bonchev–Trinajstić information content (AvgIpc) is 3.26. The van der Waals surface area contributed by atoms with E-state index in [0.717, 1.165) is 48.0 Å². The van der Waals surface area contributed by atoms with Crippen molar-refractivity contribution in [3.8, 4) is 5.75 Å². The molecule has 1 aromatic carbocycles. The second-order valence-electron chi connectivity index (χ2n) is 5.91. The van der Waals surface area contributed by atoms with E-state index >= 15 is 0 Å². The summed E-state index contributed by atoms with van der Waals surface area (Å²) in [6.07, 6.45) is 1.85. The molecule has 0 fully saturated rings. The van der Waals surface area contributed by atoms with Gasteiger partial charge >= 0.3 is 0 Å². The molecular weight excluding hydrogens is 372 g/mol. The zero-order chi connectivity index (χ0) is 18.6. The number of nitrogens with two attached hydrogens (primary N) is 1. The maximum absolute atomic E-state index is 11.3. The summed E-state index contributed by atoms with van der Waals surface area (Å²) in [5, 5.41) is 11.6. The summed E-state index contributed by atoms with van der Waals surface area (Å²) in [7, 11) is -1.94. The molecule has 4 N–H and O–H groups in total. The highest BCUT2D eigenvalue weighted by molar-refractivity contribution is 7.91. The van der Waals surface area contributed by atoms with Gasteiger partial charge in [0, 0.05) is 24.9 Å². The first kappa shape index (κ1) is 18.7. The molecule has 7 nitrogen and oxygen atoms in total. The molecule has 0 unspecified atom stereocenters. The molecule has 3 rings (SSSR count). The summed E-state index contributed by atoms with van der Waals surface area (Å²) >= 11 is 1.15. The molecule has 1 aliphatic rings. The third kappa shape index (κ3) is 4.75. The SMILES string of the molecule is CN=C(NCCc1ccc2c(c1)CCO2)NCc1ccc(S(N)(=O)=O)s1. The number of sulfonamides is 1. The molecule has 140 valence electrons. The van der Waals surface area contributed by atoms with E-state index in [2.05, 4.69) is 27.8 Å². The number of benzene rings is 1. The Bertz CT molecular complexity index is 906. The fourth-order valence-electron chi connectivity index (χ4n) is 2.72. The molecule has 0 bridgehead atoms. The van der Waals surface area contributed by atoms with Crippen LogP contribution in [0.3, 0.4) is 0 Å². The Labute approximate surface area is 157 Å². The van der Waals surface area contributed by atoms with E-state index in [4.69, 9.17) is 9.88 Å². The van der Waals surface area contributed by atoms with E-state index in [1.54, 1.807) is 13.1 Å². The summed E-state index contributed by atoms with van der Waals surface area (Å²) in [6.45, 7) is 1.99. The zero-order valence-electron chi connectivity index (χ0n) is 14.5. The third-order valence-corrected chi connectivity index (χ3v) is 6.55. The minimum atomic E-state index is -3.64. The van der Waals surface area contributed by atoms with Crippen LogP contribution in [0, 0.1) is 0 Å². The van der Waals surface area contributed by atoms with Gasteiger partial charge in [-0.15, -0.1) is 11.3 Å². The smallest absolute Gasteiger partial charge is 0.247 e. The van der Waals surface area contributed by atoms with Crippen molar-refractivity contribution in [3.63, 3.8) is 0 Å². The molecule has 26 heavy (non-hydrogen) atoms. The molecule has 1 aromatic heterocycles. The van der Waals surface area contributed by atoms with Crippen LogP contribution in [0.25, 0.3) is 0 Å². The molecule has 1 aliphatic heterocycles. The number of ether oxygens (including phenoxy) is 1. The lowest BCUT2D eigenvalue weighted by Crippen LogP contribution is -2.37. The van der Waals surface area contributed by atoms with Crippen molar-refractivity contribution in [1.29, 1.82) is 0 Å². The predicted molar refractivity (Wildman–Crippen MR) is 103 cm³/mol. The third-order valence-electron chi connectivity index (χ3n) is 4.03. The van der Waals surface area contributed by atoms with Gasteiger partial charge in [0.05, 0.1) is 13.2 Å². The maximum Gasteiger partial charge on any atom is 0.247 e. The average molecular weight is 395 g/mol. The second kappa shape index (κ2) is 8.07. The second-order valence-corrected chi connectivity index (χ2v) is 8.87. The van der Waals surface area contributed by atoms with Crippen LogP contribution in [0.4, 0.5) is 0 Å². The summed E-state index contributed by atoms with van der Waals surface area (Å²) in [4.78, 5) is 5.05. The Morgan fingerprint density at radius 2 is 2.15 bits per heavy atom. The molecule has 0 atom stereocenters. The molecule has 2 heterocycles. The normalized spacial score (nSPS) is 14.0. The fraction of sp³-hybridized carbons (Fsp3) is 0.353. The summed E-state index contributed by atoms with van der Waals surface area (Å²) in [6, 6.07) is 9.58. The summed E-state index contributed by atoms with van der Waals surface area (Å²) < 4.78 is 28.3. The van der Waals surface area contributed by atoms with E-state index in [-0.39, 0.29) is 4.21 Å². The van der Waals surface area contributed by atoms with E-state index in [9.17, 15) is 8.42 Å². The Balaban J connectivity index is 1.47. The first-order valence-corrected chi connectivity index (χ1v) is 10.6. The van der Waals surface area contributed by atoms with Crippen molar-refractivity contribution >= 4 is 27.3 Å². The first-order valence-electron chi connectivity index (χ1n) is 8.26. The number of fused-ring (bicyclic) bond motifs is 1. The number of aliphatic imine (C=N–C) groups is 1. The fourth-order valence-corrected chi connectivity index (χ4v) is 4.44. The van der Waals surface area contributed by atoms with Gasteiger partial charge in [-0.3, -0.25) is 4.99 Å². The maximum atomic E-state index is 11.3. The molecule has 0 amide bonds. The lowest BCUT2D eigenvalue weighted by atomic mass is 10.1.